The molecule has 0 radical (unpaired) electrons. The third kappa shape index (κ3) is 4.98. The Labute approximate surface area is 175 Å². The third-order valence-corrected chi connectivity index (χ3v) is 5.52. The van der Waals surface area contributed by atoms with E-state index < -0.39 is 0 Å². The van der Waals surface area contributed by atoms with E-state index >= 15 is 0 Å². The lowest BCUT2D eigenvalue weighted by molar-refractivity contribution is -0.115. The summed E-state index contributed by atoms with van der Waals surface area (Å²) in [5, 5.41) is 12.1. The minimum absolute atomic E-state index is 0.0649. The molecular weight excluding hydrogens is 384 g/mol. The number of rotatable bonds is 7. The van der Waals surface area contributed by atoms with E-state index in [4.69, 9.17) is 4.74 Å². The number of nitrogens with zero attached hydrogens (tertiary/aromatic N) is 3. The van der Waals surface area contributed by atoms with E-state index in [1.165, 1.54) is 11.8 Å². The molecule has 1 atom stereocenters. The quantitative estimate of drug-likeness (QED) is 0.558. The largest absolute Gasteiger partial charge is 0.497 e. The van der Waals surface area contributed by atoms with Crippen molar-refractivity contribution < 1.29 is 9.53 Å². The lowest BCUT2D eigenvalue weighted by Gasteiger charge is -2.16. The molecule has 0 aliphatic carbocycles. The Kier molecular flexibility index (Phi) is 6.59. The van der Waals surface area contributed by atoms with Crippen LogP contribution < -0.4 is 10.1 Å². The maximum absolute atomic E-state index is 12.7. The van der Waals surface area contributed by atoms with Crippen molar-refractivity contribution in [3.63, 3.8) is 0 Å². The highest BCUT2D eigenvalue weighted by Crippen LogP contribution is 2.31. The van der Waals surface area contributed by atoms with Crippen molar-refractivity contribution in [1.82, 2.24) is 14.8 Å². The van der Waals surface area contributed by atoms with Crippen LogP contribution in [0.15, 0.2) is 53.7 Å². The van der Waals surface area contributed by atoms with Crippen molar-refractivity contribution in [1.29, 1.82) is 0 Å². The number of aromatic nitrogens is 3. The molecular formula is C22H26N4O2S. The number of carbonyl (C=O) groups excluding carboxylic acids is 1. The standard InChI is InChI=1S/C22H26N4O2S/c1-14(2)26-20(17-9-11-19(28-5)12-10-17)24-25-22(26)29-16(4)21(27)23-18-8-6-7-15(3)13-18/h6-14,16H,1-5H3,(H,23,27)/t16-/m0/s1. The van der Waals surface area contributed by atoms with Gasteiger partial charge in [-0.2, -0.15) is 0 Å². The van der Waals surface area contributed by atoms with Crippen molar-refractivity contribution in [2.75, 3.05) is 12.4 Å². The first-order valence-corrected chi connectivity index (χ1v) is 10.4. The minimum atomic E-state index is -0.319. The first-order valence-electron chi connectivity index (χ1n) is 9.52. The molecule has 0 saturated carbocycles. The summed E-state index contributed by atoms with van der Waals surface area (Å²) in [5.74, 6) is 1.50. The molecule has 0 spiro atoms. The summed E-state index contributed by atoms with van der Waals surface area (Å²) in [6, 6.07) is 15.6. The highest BCUT2D eigenvalue weighted by Gasteiger charge is 2.22. The van der Waals surface area contributed by atoms with E-state index in [-0.39, 0.29) is 17.2 Å². The number of methoxy groups -OCH3 is 1. The molecule has 1 heterocycles. The van der Waals surface area contributed by atoms with Gasteiger partial charge in [-0.25, -0.2) is 0 Å². The van der Waals surface area contributed by atoms with Gasteiger partial charge in [0.05, 0.1) is 12.4 Å². The Bertz CT molecular complexity index is 983. The number of ether oxygens (including phenoxy) is 1. The van der Waals surface area contributed by atoms with Gasteiger partial charge >= 0.3 is 0 Å². The predicted molar refractivity (Wildman–Crippen MR) is 118 cm³/mol. The van der Waals surface area contributed by atoms with Gasteiger partial charge in [-0.15, -0.1) is 10.2 Å². The summed E-state index contributed by atoms with van der Waals surface area (Å²) in [7, 11) is 1.64. The molecule has 0 fully saturated rings. The summed E-state index contributed by atoms with van der Waals surface area (Å²) >= 11 is 1.41. The van der Waals surface area contributed by atoms with Gasteiger partial charge in [0, 0.05) is 17.3 Å². The number of hydrogen-bond donors (Lipinski definition) is 1. The number of nitrogens with one attached hydrogen (secondary N) is 1. The molecule has 7 heteroatoms. The second-order valence-corrected chi connectivity index (χ2v) is 8.43. The fourth-order valence-corrected chi connectivity index (χ4v) is 3.92. The van der Waals surface area contributed by atoms with E-state index in [2.05, 4.69) is 33.9 Å². The van der Waals surface area contributed by atoms with Gasteiger partial charge in [0.15, 0.2) is 11.0 Å². The van der Waals surface area contributed by atoms with Crippen LogP contribution in [0.3, 0.4) is 0 Å². The minimum Gasteiger partial charge on any atom is -0.497 e. The fraction of sp³-hybridized carbons (Fsp3) is 0.318. The molecule has 0 unspecified atom stereocenters. The van der Waals surface area contributed by atoms with E-state index in [1.54, 1.807) is 7.11 Å². The van der Waals surface area contributed by atoms with Crippen LogP contribution in [-0.2, 0) is 4.79 Å². The first kappa shape index (κ1) is 20.9. The van der Waals surface area contributed by atoms with Gasteiger partial charge in [-0.1, -0.05) is 23.9 Å². The van der Waals surface area contributed by atoms with Crippen LogP contribution in [0, 0.1) is 6.92 Å². The topological polar surface area (TPSA) is 69.0 Å². The Morgan fingerprint density at radius 2 is 1.83 bits per heavy atom. The highest BCUT2D eigenvalue weighted by molar-refractivity contribution is 8.00. The van der Waals surface area contributed by atoms with Gasteiger partial charge in [0.25, 0.3) is 0 Å². The Balaban J connectivity index is 1.79. The second kappa shape index (κ2) is 9.13. The zero-order valence-corrected chi connectivity index (χ0v) is 18.2. The highest BCUT2D eigenvalue weighted by atomic mass is 32.2. The van der Waals surface area contributed by atoms with Crippen LogP contribution in [0.2, 0.25) is 0 Å². The van der Waals surface area contributed by atoms with Crippen molar-refractivity contribution in [3.8, 4) is 17.1 Å². The average Bonchev–Trinajstić information content (AvgIpc) is 3.11. The monoisotopic (exact) mass is 410 g/mol. The van der Waals surface area contributed by atoms with Gasteiger partial charge in [0.1, 0.15) is 5.75 Å². The molecule has 29 heavy (non-hydrogen) atoms. The van der Waals surface area contributed by atoms with Crippen LogP contribution in [0.5, 0.6) is 5.75 Å². The lowest BCUT2D eigenvalue weighted by Crippen LogP contribution is -2.23. The van der Waals surface area contributed by atoms with Crippen molar-refractivity contribution >= 4 is 23.4 Å². The SMILES string of the molecule is COc1ccc(-c2nnc(S[C@@H](C)C(=O)Nc3cccc(C)c3)n2C(C)C)cc1. The number of carbonyl (C=O) groups is 1. The molecule has 152 valence electrons. The van der Waals surface area contributed by atoms with Gasteiger partial charge in [-0.05, 0) is 69.7 Å². The molecule has 1 N–H and O–H groups in total. The number of thioether (sulfide) groups is 1. The summed E-state index contributed by atoms with van der Waals surface area (Å²) in [6.07, 6.45) is 0. The summed E-state index contributed by atoms with van der Waals surface area (Å²) in [4.78, 5) is 12.7. The molecule has 0 saturated heterocycles. The summed E-state index contributed by atoms with van der Waals surface area (Å²) < 4.78 is 7.29. The fourth-order valence-electron chi connectivity index (χ4n) is 2.94. The Morgan fingerprint density at radius 1 is 1.10 bits per heavy atom. The molecule has 1 amide bonds. The van der Waals surface area contributed by atoms with Crippen LogP contribution in [0.4, 0.5) is 5.69 Å². The molecule has 0 bridgehead atoms. The lowest BCUT2D eigenvalue weighted by atomic mass is 10.2. The van der Waals surface area contributed by atoms with Crippen LogP contribution in [0.25, 0.3) is 11.4 Å². The maximum atomic E-state index is 12.7. The summed E-state index contributed by atoms with van der Waals surface area (Å²) in [6.45, 7) is 8.04. The van der Waals surface area contributed by atoms with E-state index in [0.29, 0.717) is 0 Å². The normalized spacial score (nSPS) is 12.1. The molecule has 2 aromatic carbocycles. The predicted octanol–water partition coefficient (Wildman–Crippen LogP) is 4.96. The third-order valence-electron chi connectivity index (χ3n) is 4.47. The zero-order valence-electron chi connectivity index (χ0n) is 17.3. The number of hydrogen-bond acceptors (Lipinski definition) is 5. The number of amides is 1. The van der Waals surface area contributed by atoms with Gasteiger partial charge in [0.2, 0.25) is 5.91 Å². The van der Waals surface area contributed by atoms with Crippen LogP contribution in [0.1, 0.15) is 32.4 Å². The van der Waals surface area contributed by atoms with Crippen LogP contribution in [-0.4, -0.2) is 33.0 Å². The summed E-state index contributed by atoms with van der Waals surface area (Å²) in [5.41, 5.74) is 2.86. The molecule has 6 nitrogen and oxygen atoms in total. The molecule has 0 aliphatic rings. The average molecular weight is 411 g/mol. The van der Waals surface area contributed by atoms with Crippen molar-refractivity contribution in [2.24, 2.45) is 0 Å². The molecule has 3 rings (SSSR count). The smallest absolute Gasteiger partial charge is 0.237 e. The molecule has 0 aliphatic heterocycles. The molecule has 1 aromatic heterocycles. The second-order valence-electron chi connectivity index (χ2n) is 7.12. The van der Waals surface area contributed by atoms with Crippen molar-refractivity contribution in [3.05, 3.63) is 54.1 Å². The zero-order chi connectivity index (χ0) is 21.0. The number of benzene rings is 2. The maximum Gasteiger partial charge on any atom is 0.237 e. The van der Waals surface area contributed by atoms with Crippen LogP contribution >= 0.6 is 11.8 Å². The van der Waals surface area contributed by atoms with Gasteiger partial charge < -0.3 is 10.1 Å². The molecule has 3 aromatic rings. The number of anilines is 1. The van der Waals surface area contributed by atoms with E-state index in [0.717, 1.165) is 33.5 Å². The van der Waals surface area contributed by atoms with E-state index in [1.807, 2.05) is 62.4 Å². The number of aryl methyl sites for hydroxylation is 1. The van der Waals surface area contributed by atoms with E-state index in [9.17, 15) is 4.79 Å². The van der Waals surface area contributed by atoms with Gasteiger partial charge in [-0.3, -0.25) is 9.36 Å². The van der Waals surface area contributed by atoms with Crippen molar-refractivity contribution in [2.45, 2.75) is 44.1 Å². The Hall–Kier alpha value is -2.80. The first-order chi connectivity index (χ1) is 13.9. The Morgan fingerprint density at radius 3 is 2.45 bits per heavy atom.